The van der Waals surface area contributed by atoms with Gasteiger partial charge < -0.3 is 0 Å². The Hall–Kier alpha value is -2.15. The molecule has 80 valence electrons. The molecule has 16 heavy (non-hydrogen) atoms. The summed E-state index contributed by atoms with van der Waals surface area (Å²) in [5.74, 6) is 0.213. The zero-order valence-electron chi connectivity index (χ0n) is 9.31. The van der Waals surface area contributed by atoms with Crippen LogP contribution in [0.5, 0.6) is 0 Å². The monoisotopic (exact) mass is 212 g/mol. The largest absolute Gasteiger partial charge is 0.252 e. The first-order chi connectivity index (χ1) is 7.69. The molecule has 0 aliphatic carbocycles. The third kappa shape index (κ3) is 2.09. The molecular formula is C12H12N4. The molecule has 0 spiro atoms. The van der Waals surface area contributed by atoms with Gasteiger partial charge in [-0.3, -0.25) is 0 Å². The van der Waals surface area contributed by atoms with E-state index in [0.717, 1.165) is 0 Å². The Labute approximate surface area is 94.2 Å². The van der Waals surface area contributed by atoms with Crippen LogP contribution in [-0.4, -0.2) is 14.8 Å². The Bertz CT molecular complexity index is 548. The highest BCUT2D eigenvalue weighted by atomic mass is 15.3. The third-order valence-electron chi connectivity index (χ3n) is 2.47. The molecule has 1 aromatic carbocycles. The van der Waals surface area contributed by atoms with E-state index in [1.807, 2.05) is 6.07 Å². The molecule has 2 aromatic rings. The van der Waals surface area contributed by atoms with Crippen molar-refractivity contribution in [1.29, 1.82) is 5.26 Å². The van der Waals surface area contributed by atoms with Crippen molar-refractivity contribution in [3.63, 3.8) is 0 Å². The molecule has 0 saturated heterocycles. The molecule has 0 aliphatic heterocycles. The van der Waals surface area contributed by atoms with E-state index in [4.69, 9.17) is 5.26 Å². The molecule has 0 radical (unpaired) electrons. The van der Waals surface area contributed by atoms with Crippen LogP contribution < -0.4 is 0 Å². The molecule has 0 atom stereocenters. The lowest BCUT2D eigenvalue weighted by Gasteiger charge is -2.06. The molecule has 0 saturated carbocycles. The van der Waals surface area contributed by atoms with E-state index >= 15 is 0 Å². The Kier molecular flexibility index (Phi) is 2.69. The predicted octanol–water partition coefficient (Wildman–Crippen LogP) is 1.81. The number of aromatic nitrogens is 3. The molecule has 2 rings (SSSR count). The number of hydrogen-bond acceptors (Lipinski definition) is 3. The summed E-state index contributed by atoms with van der Waals surface area (Å²) in [6, 6.07) is 8.22. The quantitative estimate of drug-likeness (QED) is 0.762. The molecule has 1 aromatic heterocycles. The number of nitrogens with zero attached hydrogens (tertiary/aromatic N) is 4. The van der Waals surface area contributed by atoms with Gasteiger partial charge in [0, 0.05) is 0 Å². The van der Waals surface area contributed by atoms with Crippen LogP contribution in [0, 0.1) is 25.2 Å². The molecule has 1 heterocycles. The molecule has 4 nitrogen and oxygen atoms in total. The van der Waals surface area contributed by atoms with Crippen LogP contribution in [0.25, 0.3) is 0 Å². The van der Waals surface area contributed by atoms with Crippen LogP contribution in [-0.2, 0) is 6.54 Å². The maximum absolute atomic E-state index is 8.63. The first-order valence-electron chi connectivity index (χ1n) is 5.05. The van der Waals surface area contributed by atoms with Gasteiger partial charge in [0.2, 0.25) is 0 Å². The lowest BCUT2D eigenvalue weighted by molar-refractivity contribution is 0.679. The zero-order chi connectivity index (χ0) is 11.5. The summed E-state index contributed by atoms with van der Waals surface area (Å²) in [4.78, 5) is 3.87. The highest BCUT2D eigenvalue weighted by molar-refractivity contribution is 5.30. The van der Waals surface area contributed by atoms with Crippen molar-refractivity contribution in [3.8, 4) is 6.07 Å². The van der Waals surface area contributed by atoms with Crippen LogP contribution in [0.4, 0.5) is 0 Å². The normalized spacial score (nSPS) is 10.1. The van der Waals surface area contributed by atoms with E-state index < -0.39 is 0 Å². The third-order valence-corrected chi connectivity index (χ3v) is 2.47. The lowest BCUT2D eigenvalue weighted by Crippen LogP contribution is -2.02. The van der Waals surface area contributed by atoms with Gasteiger partial charge >= 0.3 is 0 Å². The zero-order valence-corrected chi connectivity index (χ0v) is 9.31. The highest BCUT2D eigenvalue weighted by Gasteiger charge is 2.03. The molecule has 0 bridgehead atoms. The number of nitriles is 1. The summed E-state index contributed by atoms with van der Waals surface area (Å²) >= 11 is 0. The number of benzene rings is 1. The topological polar surface area (TPSA) is 54.5 Å². The molecule has 0 fully saturated rings. The van der Waals surface area contributed by atoms with Crippen molar-refractivity contribution in [2.45, 2.75) is 20.4 Å². The van der Waals surface area contributed by atoms with E-state index in [0.29, 0.717) is 6.54 Å². The van der Waals surface area contributed by atoms with E-state index in [1.165, 1.54) is 16.7 Å². The first kappa shape index (κ1) is 10.4. The molecule has 0 unspecified atom stereocenters. The van der Waals surface area contributed by atoms with Crippen LogP contribution >= 0.6 is 0 Å². The summed E-state index contributed by atoms with van der Waals surface area (Å²) in [7, 11) is 0. The highest BCUT2D eigenvalue weighted by Crippen LogP contribution is 2.11. The van der Waals surface area contributed by atoms with Crippen molar-refractivity contribution in [2.24, 2.45) is 0 Å². The molecular weight excluding hydrogens is 200 g/mol. The second kappa shape index (κ2) is 4.15. The standard InChI is InChI=1S/C12H12N4/c1-9-3-4-10(2)11(5-9)7-16-8-14-12(6-13)15-16/h3-5,8H,7H2,1-2H3. The van der Waals surface area contributed by atoms with Gasteiger partial charge in [-0.1, -0.05) is 23.8 Å². The maximum atomic E-state index is 8.63. The van der Waals surface area contributed by atoms with E-state index in [9.17, 15) is 0 Å². The summed E-state index contributed by atoms with van der Waals surface area (Å²) < 4.78 is 1.68. The van der Waals surface area contributed by atoms with Gasteiger partial charge in [0.1, 0.15) is 12.4 Å². The summed E-state index contributed by atoms with van der Waals surface area (Å²) in [6.45, 7) is 4.78. The van der Waals surface area contributed by atoms with Gasteiger partial charge in [0.15, 0.2) is 0 Å². The van der Waals surface area contributed by atoms with Crippen molar-refractivity contribution >= 4 is 0 Å². The van der Waals surface area contributed by atoms with Crippen molar-refractivity contribution in [2.75, 3.05) is 0 Å². The maximum Gasteiger partial charge on any atom is 0.252 e. The fourth-order valence-corrected chi connectivity index (χ4v) is 1.57. The SMILES string of the molecule is Cc1ccc(C)c(Cn2cnc(C#N)n2)c1. The summed E-state index contributed by atoms with van der Waals surface area (Å²) in [5.41, 5.74) is 3.65. The minimum Gasteiger partial charge on any atom is -0.247 e. The van der Waals surface area contributed by atoms with Crippen molar-refractivity contribution < 1.29 is 0 Å². The van der Waals surface area contributed by atoms with Crippen LogP contribution in [0.1, 0.15) is 22.5 Å². The van der Waals surface area contributed by atoms with Gasteiger partial charge in [-0.05, 0) is 25.0 Å². The Morgan fingerprint density at radius 1 is 1.38 bits per heavy atom. The van der Waals surface area contributed by atoms with Gasteiger partial charge in [0.05, 0.1) is 6.54 Å². The first-order valence-corrected chi connectivity index (χ1v) is 5.05. The van der Waals surface area contributed by atoms with Gasteiger partial charge in [0.25, 0.3) is 5.82 Å². The minimum absolute atomic E-state index is 0.213. The molecule has 4 heteroatoms. The van der Waals surface area contributed by atoms with Gasteiger partial charge in [-0.15, -0.1) is 5.10 Å². The smallest absolute Gasteiger partial charge is 0.247 e. The molecule has 0 N–H and O–H groups in total. The number of aryl methyl sites for hydroxylation is 2. The number of rotatable bonds is 2. The Morgan fingerprint density at radius 3 is 2.88 bits per heavy atom. The minimum atomic E-state index is 0.213. The van der Waals surface area contributed by atoms with E-state index in [1.54, 1.807) is 11.0 Å². The Morgan fingerprint density at radius 2 is 2.19 bits per heavy atom. The molecule has 0 amide bonds. The van der Waals surface area contributed by atoms with Gasteiger partial charge in [-0.25, -0.2) is 9.67 Å². The van der Waals surface area contributed by atoms with E-state index in [-0.39, 0.29) is 5.82 Å². The average molecular weight is 212 g/mol. The summed E-state index contributed by atoms with van der Waals surface area (Å²) in [5, 5.41) is 12.7. The Balaban J connectivity index is 2.27. The predicted molar refractivity (Wildman–Crippen MR) is 59.8 cm³/mol. The molecule has 0 aliphatic rings. The average Bonchev–Trinajstić information content (AvgIpc) is 2.71. The second-order valence-corrected chi connectivity index (χ2v) is 3.81. The second-order valence-electron chi connectivity index (χ2n) is 3.81. The number of hydrogen-bond donors (Lipinski definition) is 0. The van der Waals surface area contributed by atoms with Crippen molar-refractivity contribution in [1.82, 2.24) is 14.8 Å². The lowest BCUT2D eigenvalue weighted by atomic mass is 10.1. The van der Waals surface area contributed by atoms with Gasteiger partial charge in [-0.2, -0.15) is 5.26 Å². The van der Waals surface area contributed by atoms with Crippen LogP contribution in [0.3, 0.4) is 0 Å². The van der Waals surface area contributed by atoms with Crippen molar-refractivity contribution in [3.05, 3.63) is 47.0 Å². The fraction of sp³-hybridized carbons (Fsp3) is 0.250. The summed E-state index contributed by atoms with van der Waals surface area (Å²) in [6.07, 6.45) is 1.58. The van der Waals surface area contributed by atoms with Crippen LogP contribution in [0.2, 0.25) is 0 Å². The fourth-order valence-electron chi connectivity index (χ4n) is 1.57. The van der Waals surface area contributed by atoms with E-state index in [2.05, 4.69) is 42.1 Å². The van der Waals surface area contributed by atoms with Crippen LogP contribution in [0.15, 0.2) is 24.5 Å².